The molecular weight excluding hydrogens is 447 g/mol. The van der Waals surface area contributed by atoms with Crippen molar-refractivity contribution in [1.29, 1.82) is 0 Å². The van der Waals surface area contributed by atoms with Crippen molar-refractivity contribution < 1.29 is 14.0 Å². The summed E-state index contributed by atoms with van der Waals surface area (Å²) in [6, 6.07) is 19.2. The first kappa shape index (κ1) is 22.8. The molecule has 0 radical (unpaired) electrons. The van der Waals surface area contributed by atoms with Gasteiger partial charge in [-0.2, -0.15) is 0 Å². The summed E-state index contributed by atoms with van der Waals surface area (Å²) in [7, 11) is 0. The number of benzene rings is 2. The Labute approximate surface area is 202 Å². The van der Waals surface area contributed by atoms with Crippen LogP contribution >= 0.6 is 0 Å². The number of carbonyl (C=O) groups excluding carboxylic acids is 2. The van der Waals surface area contributed by atoms with E-state index in [4.69, 9.17) is 0 Å². The van der Waals surface area contributed by atoms with Crippen molar-refractivity contribution in [3.63, 3.8) is 0 Å². The molecule has 0 spiro atoms. The van der Waals surface area contributed by atoms with Gasteiger partial charge in [0.2, 0.25) is 5.91 Å². The van der Waals surface area contributed by atoms with E-state index in [9.17, 15) is 18.8 Å². The number of hydrogen-bond donors (Lipinski definition) is 2. The standard InChI is InChI=1S/C27H27FN4O3/c28-21-9-11-22(12-10-21)29-26(34)23(14-18-5-2-1-3-6-18)30-27(35)31-15-19-13-20(17-31)24-7-4-8-25(33)32(24)16-19/h1-12,19-20,23H,13-17H2,(H,29,34)(H,30,35). The van der Waals surface area contributed by atoms with Gasteiger partial charge >= 0.3 is 6.03 Å². The van der Waals surface area contributed by atoms with Crippen molar-refractivity contribution in [1.82, 2.24) is 14.8 Å². The van der Waals surface area contributed by atoms with Crippen LogP contribution in [-0.2, 0) is 17.8 Å². The Kier molecular flexibility index (Phi) is 6.35. The number of likely N-dealkylation sites (tertiary alicyclic amines) is 1. The molecule has 1 saturated heterocycles. The fourth-order valence-corrected chi connectivity index (χ4v) is 5.12. The summed E-state index contributed by atoms with van der Waals surface area (Å²) in [4.78, 5) is 40.5. The Morgan fingerprint density at radius 3 is 2.49 bits per heavy atom. The van der Waals surface area contributed by atoms with E-state index in [2.05, 4.69) is 10.6 Å². The number of amides is 3. The van der Waals surface area contributed by atoms with Gasteiger partial charge in [0, 0.05) is 49.4 Å². The molecule has 1 fully saturated rings. The van der Waals surface area contributed by atoms with E-state index in [-0.39, 0.29) is 29.3 Å². The van der Waals surface area contributed by atoms with Crippen molar-refractivity contribution >= 4 is 17.6 Å². The van der Waals surface area contributed by atoms with E-state index in [1.807, 2.05) is 41.0 Å². The topological polar surface area (TPSA) is 83.4 Å². The van der Waals surface area contributed by atoms with Crippen LogP contribution in [0.1, 0.15) is 23.6 Å². The summed E-state index contributed by atoms with van der Waals surface area (Å²) in [5, 5.41) is 5.70. The Morgan fingerprint density at radius 2 is 1.71 bits per heavy atom. The molecule has 2 aliphatic heterocycles. The summed E-state index contributed by atoms with van der Waals surface area (Å²) in [5.41, 5.74) is 2.32. The van der Waals surface area contributed by atoms with Gasteiger partial charge in [-0.1, -0.05) is 36.4 Å². The van der Waals surface area contributed by atoms with E-state index in [0.29, 0.717) is 31.7 Å². The molecule has 3 amide bonds. The first-order valence-corrected chi connectivity index (χ1v) is 11.8. The molecule has 3 atom stereocenters. The van der Waals surface area contributed by atoms with Crippen LogP contribution in [0.15, 0.2) is 77.6 Å². The number of hydrogen-bond acceptors (Lipinski definition) is 3. The molecule has 180 valence electrons. The summed E-state index contributed by atoms with van der Waals surface area (Å²) in [5.74, 6) is -0.491. The monoisotopic (exact) mass is 474 g/mol. The van der Waals surface area contributed by atoms with E-state index >= 15 is 0 Å². The number of carbonyl (C=O) groups is 2. The van der Waals surface area contributed by atoms with Gasteiger partial charge in [-0.25, -0.2) is 9.18 Å². The van der Waals surface area contributed by atoms with E-state index in [1.165, 1.54) is 24.3 Å². The zero-order valence-electron chi connectivity index (χ0n) is 19.2. The van der Waals surface area contributed by atoms with Gasteiger partial charge in [-0.05, 0) is 48.2 Å². The first-order chi connectivity index (χ1) is 17.0. The maximum atomic E-state index is 13.3. The highest BCUT2D eigenvalue weighted by atomic mass is 19.1. The maximum absolute atomic E-state index is 13.3. The second kappa shape index (κ2) is 9.74. The average Bonchev–Trinajstić information content (AvgIpc) is 2.86. The predicted molar refractivity (Wildman–Crippen MR) is 131 cm³/mol. The molecule has 0 saturated carbocycles. The summed E-state index contributed by atoms with van der Waals surface area (Å²) < 4.78 is 15.1. The van der Waals surface area contributed by atoms with Crippen LogP contribution in [0, 0.1) is 11.7 Å². The lowest BCUT2D eigenvalue weighted by atomic mass is 9.83. The highest BCUT2D eigenvalue weighted by molar-refractivity contribution is 5.97. The molecule has 3 heterocycles. The number of rotatable bonds is 5. The van der Waals surface area contributed by atoms with Crippen LogP contribution in [0.4, 0.5) is 14.9 Å². The van der Waals surface area contributed by atoms with Crippen molar-refractivity contribution in [2.45, 2.75) is 31.3 Å². The number of aromatic nitrogens is 1. The van der Waals surface area contributed by atoms with Crippen LogP contribution in [0.25, 0.3) is 0 Å². The zero-order valence-corrected chi connectivity index (χ0v) is 19.2. The molecule has 2 aromatic carbocycles. The molecule has 2 bridgehead atoms. The molecule has 7 nitrogen and oxygen atoms in total. The van der Waals surface area contributed by atoms with Gasteiger partial charge < -0.3 is 20.1 Å². The molecular formula is C27H27FN4O3. The largest absolute Gasteiger partial charge is 0.326 e. The Hall–Kier alpha value is -3.94. The lowest BCUT2D eigenvalue weighted by Gasteiger charge is -2.43. The molecule has 8 heteroatoms. The molecule has 2 aliphatic rings. The molecule has 35 heavy (non-hydrogen) atoms. The smallest absolute Gasteiger partial charge is 0.318 e. The molecule has 3 unspecified atom stereocenters. The number of pyridine rings is 1. The Morgan fingerprint density at radius 1 is 0.943 bits per heavy atom. The second-order valence-corrected chi connectivity index (χ2v) is 9.29. The Balaban J connectivity index is 1.32. The van der Waals surface area contributed by atoms with Gasteiger partial charge in [0.15, 0.2) is 0 Å². The molecule has 0 aliphatic carbocycles. The highest BCUT2D eigenvalue weighted by Crippen LogP contribution is 2.34. The van der Waals surface area contributed by atoms with Crippen LogP contribution in [0.2, 0.25) is 0 Å². The summed E-state index contributed by atoms with van der Waals surface area (Å²) >= 11 is 0. The lowest BCUT2D eigenvalue weighted by Crippen LogP contribution is -2.55. The molecule has 5 rings (SSSR count). The fraction of sp³-hybridized carbons (Fsp3) is 0.296. The maximum Gasteiger partial charge on any atom is 0.318 e. The van der Waals surface area contributed by atoms with Crippen LogP contribution < -0.4 is 16.2 Å². The Bertz CT molecular complexity index is 1280. The first-order valence-electron chi connectivity index (χ1n) is 11.8. The average molecular weight is 475 g/mol. The normalized spacial score (nSPS) is 19.4. The van der Waals surface area contributed by atoms with Crippen molar-refractivity contribution in [3.8, 4) is 0 Å². The third kappa shape index (κ3) is 5.11. The van der Waals surface area contributed by atoms with Crippen molar-refractivity contribution in [2.75, 3.05) is 18.4 Å². The van der Waals surface area contributed by atoms with Gasteiger partial charge in [0.05, 0.1) is 0 Å². The zero-order chi connectivity index (χ0) is 24.4. The number of nitrogens with zero attached hydrogens (tertiary/aromatic N) is 2. The van der Waals surface area contributed by atoms with Gasteiger partial charge in [-0.3, -0.25) is 9.59 Å². The van der Waals surface area contributed by atoms with Gasteiger partial charge in [-0.15, -0.1) is 0 Å². The summed E-state index contributed by atoms with van der Waals surface area (Å²) in [6.45, 7) is 1.61. The van der Waals surface area contributed by atoms with Crippen molar-refractivity contribution in [3.05, 3.63) is 100 Å². The molecule has 3 aromatic rings. The quantitative estimate of drug-likeness (QED) is 0.595. The number of nitrogens with one attached hydrogen (secondary N) is 2. The molecule has 2 N–H and O–H groups in total. The van der Waals surface area contributed by atoms with Crippen LogP contribution in [-0.4, -0.2) is 40.5 Å². The predicted octanol–water partition coefficient (Wildman–Crippen LogP) is 3.37. The highest BCUT2D eigenvalue weighted by Gasteiger charge is 2.37. The fourth-order valence-electron chi connectivity index (χ4n) is 5.12. The number of halogens is 1. The molecule has 1 aromatic heterocycles. The van der Waals surface area contributed by atoms with Crippen LogP contribution in [0.3, 0.4) is 0 Å². The van der Waals surface area contributed by atoms with Gasteiger partial charge in [0.1, 0.15) is 11.9 Å². The number of urea groups is 1. The van der Waals surface area contributed by atoms with E-state index in [0.717, 1.165) is 17.7 Å². The minimum absolute atomic E-state index is 0.00418. The van der Waals surface area contributed by atoms with Crippen LogP contribution in [0.5, 0.6) is 0 Å². The van der Waals surface area contributed by atoms with E-state index in [1.54, 1.807) is 17.0 Å². The minimum atomic E-state index is -0.813. The summed E-state index contributed by atoms with van der Waals surface area (Å²) in [6.07, 6.45) is 1.25. The second-order valence-electron chi connectivity index (χ2n) is 9.29. The SMILES string of the molecule is O=C(Nc1ccc(F)cc1)C(Cc1ccccc1)NC(=O)N1CC2CC(C1)c1cccc(=O)n1C2. The number of anilines is 1. The lowest BCUT2D eigenvalue weighted by molar-refractivity contribution is -0.118. The van der Waals surface area contributed by atoms with Gasteiger partial charge in [0.25, 0.3) is 5.56 Å². The van der Waals surface area contributed by atoms with Crippen molar-refractivity contribution in [2.24, 2.45) is 5.92 Å². The minimum Gasteiger partial charge on any atom is -0.326 e. The van der Waals surface area contributed by atoms with E-state index < -0.39 is 11.9 Å². The number of fused-ring (bicyclic) bond motifs is 4. The third-order valence-electron chi connectivity index (χ3n) is 6.78. The number of piperidine rings is 1. The third-order valence-corrected chi connectivity index (χ3v) is 6.78.